The zero-order valence-corrected chi connectivity index (χ0v) is 13.6. The zero-order chi connectivity index (χ0) is 17.6. The second kappa shape index (κ2) is 5.67. The molecule has 0 bridgehead atoms. The first kappa shape index (κ1) is 13.6. The molecule has 1 aromatic carbocycles. The first-order valence-electron chi connectivity index (χ1n) is 8.44. The molecule has 0 saturated heterocycles. The van der Waals surface area contributed by atoms with Crippen molar-refractivity contribution in [1.29, 1.82) is 0 Å². The number of hydrogen-bond donors (Lipinski definition) is 0. The number of aryl methyl sites for hydroxylation is 2. The Labute approximate surface area is 140 Å². The zero-order valence-electron chi connectivity index (χ0n) is 14.6. The highest BCUT2D eigenvalue weighted by molar-refractivity contribution is 5.38. The van der Waals surface area contributed by atoms with Crippen LogP contribution in [-0.4, -0.2) is 24.4 Å². The quantitative estimate of drug-likeness (QED) is 0.719. The van der Waals surface area contributed by atoms with Gasteiger partial charge in [0.1, 0.15) is 12.4 Å². The smallest absolute Gasteiger partial charge is 0.368 e. The van der Waals surface area contributed by atoms with Crippen molar-refractivity contribution in [2.75, 3.05) is 0 Å². The first-order valence-corrected chi connectivity index (χ1v) is 7.94. The van der Waals surface area contributed by atoms with E-state index in [2.05, 4.69) is 15.0 Å². The van der Waals surface area contributed by atoms with Gasteiger partial charge in [0.2, 0.25) is 0 Å². The molecule has 0 N–H and O–H groups in total. The molecule has 0 radical (unpaired) electrons. The minimum atomic E-state index is -0.287. The number of hydrogen-bond acceptors (Lipinski definition) is 4. The molecule has 0 spiro atoms. The van der Waals surface area contributed by atoms with E-state index in [4.69, 9.17) is 6.11 Å². The van der Waals surface area contributed by atoms with Gasteiger partial charge in [-0.2, -0.15) is 9.36 Å². The fraction of sp³-hybridized carbons (Fsp3) is 0.353. The molecule has 2 aromatic heterocycles. The third kappa shape index (κ3) is 2.51. The average Bonchev–Trinajstić information content (AvgIpc) is 3.27. The van der Waals surface area contributed by atoms with Gasteiger partial charge in [-0.15, -0.1) is 0 Å². The molecule has 0 unspecified atom stereocenters. The standard InChI is InChI=1S/C17H19N5O2/c1-12-5-3-4-6-16(12)24-11-15-14(9-10-21(15)13-7-8-13)22-17(23)20(2)18-19-22/h3-6,9-10,13H,7-8,11H2,1-2H3/i3T. The molecular formula is C17H19N5O2. The van der Waals surface area contributed by atoms with Crippen LogP contribution in [0.1, 0.15) is 31.5 Å². The SMILES string of the molecule is [3H]c1ccc(OCc2c(-n3nnn(C)c3=O)ccn2C2CC2)c(C)c1. The highest BCUT2D eigenvalue weighted by Crippen LogP contribution is 2.37. The van der Waals surface area contributed by atoms with Gasteiger partial charge in [-0.25, -0.2) is 4.79 Å². The van der Waals surface area contributed by atoms with Crippen LogP contribution in [0.4, 0.5) is 0 Å². The minimum Gasteiger partial charge on any atom is -0.487 e. The Kier molecular flexibility index (Phi) is 3.21. The van der Waals surface area contributed by atoms with Gasteiger partial charge in [-0.3, -0.25) is 0 Å². The van der Waals surface area contributed by atoms with E-state index in [1.807, 2.05) is 19.2 Å². The van der Waals surface area contributed by atoms with Crippen molar-refractivity contribution in [3.05, 3.63) is 58.2 Å². The van der Waals surface area contributed by atoms with Gasteiger partial charge in [0.05, 0.1) is 12.8 Å². The van der Waals surface area contributed by atoms with Crippen molar-refractivity contribution in [2.45, 2.75) is 32.4 Å². The molecule has 7 nitrogen and oxygen atoms in total. The Bertz CT molecular complexity index is 983. The van der Waals surface area contributed by atoms with Crippen LogP contribution in [0, 0.1) is 6.92 Å². The molecule has 24 heavy (non-hydrogen) atoms. The number of ether oxygens (including phenoxy) is 1. The van der Waals surface area contributed by atoms with Crippen molar-refractivity contribution in [3.63, 3.8) is 0 Å². The fourth-order valence-electron chi connectivity index (χ4n) is 2.78. The molecular weight excluding hydrogens is 306 g/mol. The number of nitrogens with zero attached hydrogens (tertiary/aromatic N) is 5. The van der Waals surface area contributed by atoms with Crippen molar-refractivity contribution in [2.24, 2.45) is 7.05 Å². The monoisotopic (exact) mass is 327 g/mol. The molecule has 1 aliphatic rings. The molecule has 1 fully saturated rings. The lowest BCUT2D eigenvalue weighted by Gasteiger charge is -2.13. The Balaban J connectivity index is 1.69. The van der Waals surface area contributed by atoms with E-state index in [-0.39, 0.29) is 5.69 Å². The van der Waals surface area contributed by atoms with E-state index in [1.54, 1.807) is 25.2 Å². The van der Waals surface area contributed by atoms with Gasteiger partial charge in [0, 0.05) is 19.3 Å². The van der Waals surface area contributed by atoms with E-state index in [0.717, 1.165) is 29.8 Å². The van der Waals surface area contributed by atoms with Crippen LogP contribution < -0.4 is 10.4 Å². The molecule has 1 saturated carbocycles. The highest BCUT2D eigenvalue weighted by atomic mass is 16.5. The second-order valence-corrected chi connectivity index (χ2v) is 6.06. The van der Waals surface area contributed by atoms with Crippen molar-refractivity contribution < 1.29 is 6.11 Å². The normalized spacial score (nSPS) is 14.7. The first-order chi connectivity index (χ1) is 12.0. The molecule has 4 rings (SSSR count). The Hall–Kier alpha value is -2.83. The van der Waals surface area contributed by atoms with Gasteiger partial charge in [-0.05, 0) is 47.9 Å². The number of tetrazole rings is 1. The van der Waals surface area contributed by atoms with Crippen molar-refractivity contribution in [3.8, 4) is 11.4 Å². The van der Waals surface area contributed by atoms with E-state index >= 15 is 0 Å². The van der Waals surface area contributed by atoms with Gasteiger partial charge < -0.3 is 9.30 Å². The third-order valence-corrected chi connectivity index (χ3v) is 4.27. The van der Waals surface area contributed by atoms with Crippen LogP contribution in [0.3, 0.4) is 0 Å². The average molecular weight is 327 g/mol. The van der Waals surface area contributed by atoms with Crippen molar-refractivity contribution >= 4 is 0 Å². The van der Waals surface area contributed by atoms with Crippen LogP contribution in [-0.2, 0) is 13.7 Å². The third-order valence-electron chi connectivity index (χ3n) is 4.27. The topological polar surface area (TPSA) is 66.9 Å². The largest absolute Gasteiger partial charge is 0.487 e. The van der Waals surface area contributed by atoms with E-state index < -0.39 is 0 Å². The number of rotatable bonds is 5. The van der Waals surface area contributed by atoms with Gasteiger partial charge in [0.25, 0.3) is 0 Å². The summed E-state index contributed by atoms with van der Waals surface area (Å²) in [6.45, 7) is 2.24. The lowest BCUT2D eigenvalue weighted by Crippen LogP contribution is -2.23. The lowest BCUT2D eigenvalue weighted by molar-refractivity contribution is 0.292. The molecule has 0 atom stereocenters. The predicted molar refractivity (Wildman–Crippen MR) is 88.4 cm³/mol. The Morgan fingerprint density at radius 2 is 2.17 bits per heavy atom. The summed E-state index contributed by atoms with van der Waals surface area (Å²) in [7, 11) is 1.58. The molecule has 0 aliphatic heterocycles. The Morgan fingerprint density at radius 3 is 2.83 bits per heavy atom. The number of aromatic nitrogens is 5. The molecule has 0 amide bonds. The summed E-state index contributed by atoms with van der Waals surface area (Å²) in [6.07, 6.45) is 4.23. The van der Waals surface area contributed by atoms with Crippen LogP contribution in [0.2, 0.25) is 0 Å². The van der Waals surface area contributed by atoms with Gasteiger partial charge in [0.15, 0.2) is 0 Å². The predicted octanol–water partition coefficient (Wildman–Crippen LogP) is 1.99. The lowest BCUT2D eigenvalue weighted by atomic mass is 10.2. The fourth-order valence-corrected chi connectivity index (χ4v) is 2.78. The maximum absolute atomic E-state index is 12.2. The highest BCUT2D eigenvalue weighted by Gasteiger charge is 2.28. The molecule has 7 heteroatoms. The van der Waals surface area contributed by atoms with E-state index in [1.165, 1.54) is 9.36 Å². The number of para-hydroxylation sites is 1. The van der Waals surface area contributed by atoms with Crippen LogP contribution in [0.25, 0.3) is 5.69 Å². The summed E-state index contributed by atoms with van der Waals surface area (Å²) in [6, 6.07) is 8.07. The molecule has 2 heterocycles. The van der Waals surface area contributed by atoms with Gasteiger partial charge in [-0.1, -0.05) is 18.2 Å². The minimum absolute atomic E-state index is 0.287. The summed E-state index contributed by atoms with van der Waals surface area (Å²) in [5, 5.41) is 7.74. The molecule has 3 aromatic rings. The van der Waals surface area contributed by atoms with Crippen LogP contribution in [0.5, 0.6) is 5.75 Å². The van der Waals surface area contributed by atoms with Crippen LogP contribution >= 0.6 is 0 Å². The summed E-state index contributed by atoms with van der Waals surface area (Å²) in [5.74, 6) is 0.733. The maximum Gasteiger partial charge on any atom is 0.368 e. The molecule has 1 aliphatic carbocycles. The summed E-state index contributed by atoms with van der Waals surface area (Å²) >= 11 is 0. The summed E-state index contributed by atoms with van der Waals surface area (Å²) in [4.78, 5) is 12.2. The Morgan fingerprint density at radius 1 is 1.33 bits per heavy atom. The van der Waals surface area contributed by atoms with E-state index in [9.17, 15) is 4.79 Å². The van der Waals surface area contributed by atoms with Crippen LogP contribution in [0.15, 0.2) is 41.3 Å². The molecule has 124 valence electrons. The van der Waals surface area contributed by atoms with Gasteiger partial charge >= 0.3 is 5.69 Å². The maximum atomic E-state index is 12.2. The van der Waals surface area contributed by atoms with Crippen molar-refractivity contribution in [1.82, 2.24) is 24.4 Å². The number of benzene rings is 1. The second-order valence-electron chi connectivity index (χ2n) is 6.06. The summed E-state index contributed by atoms with van der Waals surface area (Å²) < 4.78 is 18.3. The van der Waals surface area contributed by atoms with E-state index in [0.29, 0.717) is 24.4 Å². The summed E-state index contributed by atoms with van der Waals surface area (Å²) in [5.41, 5.74) is 2.22.